The van der Waals surface area contributed by atoms with Crippen LogP contribution < -0.4 is 14.4 Å². The molecule has 0 aromatic heterocycles. The van der Waals surface area contributed by atoms with E-state index >= 15 is 0 Å². The molecule has 0 fully saturated rings. The summed E-state index contributed by atoms with van der Waals surface area (Å²) in [5.41, 5.74) is 1.83. The van der Waals surface area contributed by atoms with Gasteiger partial charge in [-0.3, -0.25) is 9.10 Å². The number of carbonyl (C=O) groups excluding carboxylic acids is 1. The molecule has 0 heterocycles. The Morgan fingerprint density at radius 1 is 0.967 bits per heavy atom. The number of nitrogens with zero attached hydrogens (tertiary/aromatic N) is 1. The monoisotopic (exact) mass is 444 g/mol. The summed E-state index contributed by atoms with van der Waals surface area (Å²) in [7, 11) is -3.70. The lowest BCUT2D eigenvalue weighted by Gasteiger charge is -2.22. The summed E-state index contributed by atoms with van der Waals surface area (Å²) >= 11 is 6.11. The molecule has 156 valence electrons. The molecule has 0 aliphatic carbocycles. The maximum Gasteiger partial charge on any atom is 0.245 e. The smallest absolute Gasteiger partial charge is 0.245 e. The Morgan fingerprint density at radius 3 is 2.23 bits per heavy atom. The van der Waals surface area contributed by atoms with Gasteiger partial charge < -0.3 is 10.1 Å². The molecular formula is C22H21ClN2O4S. The van der Waals surface area contributed by atoms with E-state index in [0.29, 0.717) is 18.0 Å². The number of para-hydroxylation sites is 1. The predicted octanol–water partition coefficient (Wildman–Crippen LogP) is 4.32. The fourth-order valence-electron chi connectivity index (χ4n) is 2.74. The zero-order chi connectivity index (χ0) is 21.6. The van der Waals surface area contributed by atoms with Crippen molar-refractivity contribution in [3.8, 4) is 5.75 Å². The van der Waals surface area contributed by atoms with E-state index in [9.17, 15) is 13.2 Å². The number of rotatable bonds is 8. The average molecular weight is 445 g/mol. The van der Waals surface area contributed by atoms with Crippen molar-refractivity contribution < 1.29 is 17.9 Å². The number of benzene rings is 3. The highest BCUT2D eigenvalue weighted by Crippen LogP contribution is 2.27. The Bertz CT molecular complexity index is 1100. The molecule has 6 nitrogen and oxygen atoms in total. The summed E-state index contributed by atoms with van der Waals surface area (Å²) in [6, 6.07) is 23.1. The lowest BCUT2D eigenvalue weighted by atomic mass is 10.2. The second-order valence-corrected chi connectivity index (χ2v) is 8.88. The molecule has 1 N–H and O–H groups in total. The van der Waals surface area contributed by atoms with Crippen molar-refractivity contribution in [3.63, 3.8) is 0 Å². The Labute approximate surface area is 181 Å². The highest BCUT2D eigenvalue weighted by Gasteiger charge is 2.22. The number of ether oxygens (including phenoxy) is 1. The predicted molar refractivity (Wildman–Crippen MR) is 119 cm³/mol. The molecule has 0 spiro atoms. The minimum absolute atomic E-state index is 0.246. The van der Waals surface area contributed by atoms with E-state index in [4.69, 9.17) is 16.3 Å². The van der Waals surface area contributed by atoms with Crippen LogP contribution in [-0.4, -0.2) is 27.1 Å². The topological polar surface area (TPSA) is 75.7 Å². The summed E-state index contributed by atoms with van der Waals surface area (Å²) in [4.78, 5) is 12.5. The van der Waals surface area contributed by atoms with Crippen LogP contribution in [0.1, 0.15) is 5.56 Å². The molecule has 0 saturated carbocycles. The molecule has 30 heavy (non-hydrogen) atoms. The number of hydrogen-bond acceptors (Lipinski definition) is 4. The van der Waals surface area contributed by atoms with E-state index in [2.05, 4.69) is 5.32 Å². The van der Waals surface area contributed by atoms with E-state index in [1.54, 1.807) is 48.5 Å². The van der Waals surface area contributed by atoms with Crippen molar-refractivity contribution in [2.24, 2.45) is 0 Å². The second-order valence-electron chi connectivity index (χ2n) is 6.57. The van der Waals surface area contributed by atoms with Gasteiger partial charge in [0.15, 0.2) is 0 Å². The number of halogens is 1. The fraction of sp³-hybridized carbons (Fsp3) is 0.136. The van der Waals surface area contributed by atoms with Gasteiger partial charge in [-0.15, -0.1) is 0 Å². The van der Waals surface area contributed by atoms with Gasteiger partial charge in [0.25, 0.3) is 0 Å². The third kappa shape index (κ3) is 5.98. The number of hydrogen-bond donors (Lipinski definition) is 1. The van der Waals surface area contributed by atoms with E-state index in [1.165, 1.54) is 0 Å². The minimum Gasteiger partial charge on any atom is -0.489 e. The Morgan fingerprint density at radius 2 is 1.60 bits per heavy atom. The molecular weight excluding hydrogens is 424 g/mol. The molecule has 0 unspecified atom stereocenters. The highest BCUT2D eigenvalue weighted by atomic mass is 35.5. The summed E-state index contributed by atoms with van der Waals surface area (Å²) in [6.07, 6.45) is 1.03. The quantitative estimate of drug-likeness (QED) is 0.561. The van der Waals surface area contributed by atoms with Gasteiger partial charge in [0.1, 0.15) is 18.9 Å². The van der Waals surface area contributed by atoms with Crippen LogP contribution in [0.25, 0.3) is 0 Å². The van der Waals surface area contributed by atoms with E-state index in [1.807, 2.05) is 30.3 Å². The van der Waals surface area contributed by atoms with Gasteiger partial charge in [0.05, 0.1) is 17.0 Å². The van der Waals surface area contributed by atoms with Crippen molar-refractivity contribution >= 4 is 38.9 Å². The maximum atomic E-state index is 12.5. The van der Waals surface area contributed by atoms with Crippen LogP contribution in [0.3, 0.4) is 0 Å². The van der Waals surface area contributed by atoms with Gasteiger partial charge >= 0.3 is 0 Å². The minimum atomic E-state index is -3.70. The second kappa shape index (κ2) is 9.65. The van der Waals surface area contributed by atoms with Gasteiger partial charge in [-0.2, -0.15) is 0 Å². The van der Waals surface area contributed by atoms with Crippen molar-refractivity contribution in [2.75, 3.05) is 22.4 Å². The van der Waals surface area contributed by atoms with Crippen LogP contribution in [0.15, 0.2) is 78.9 Å². The molecule has 0 bridgehead atoms. The Hall–Kier alpha value is -3.03. The van der Waals surface area contributed by atoms with Gasteiger partial charge in [0, 0.05) is 5.69 Å². The summed E-state index contributed by atoms with van der Waals surface area (Å²) < 4.78 is 31.0. The molecule has 3 aromatic carbocycles. The number of anilines is 2. The number of nitrogens with one attached hydrogen (secondary N) is 1. The van der Waals surface area contributed by atoms with Crippen LogP contribution in [0.4, 0.5) is 11.4 Å². The first-order valence-corrected chi connectivity index (χ1v) is 11.3. The third-order valence-electron chi connectivity index (χ3n) is 4.20. The standard InChI is InChI=1S/C22H21ClN2O4S/c1-30(27,28)25(21-10-6-5-9-20(21)23)15-22(26)24-18-11-13-19(14-12-18)29-16-17-7-3-2-4-8-17/h2-14H,15-16H2,1H3,(H,24,26). The molecule has 0 atom stereocenters. The van der Waals surface area contributed by atoms with Gasteiger partial charge in [0.2, 0.25) is 15.9 Å². The van der Waals surface area contributed by atoms with Crippen LogP contribution in [0.5, 0.6) is 5.75 Å². The van der Waals surface area contributed by atoms with Crippen LogP contribution in [0.2, 0.25) is 5.02 Å². The maximum absolute atomic E-state index is 12.5. The van der Waals surface area contributed by atoms with Crippen LogP contribution in [-0.2, 0) is 21.4 Å². The van der Waals surface area contributed by atoms with Crippen molar-refractivity contribution in [2.45, 2.75) is 6.61 Å². The number of carbonyl (C=O) groups is 1. The SMILES string of the molecule is CS(=O)(=O)N(CC(=O)Nc1ccc(OCc2ccccc2)cc1)c1ccccc1Cl. The molecule has 3 aromatic rings. The Balaban J connectivity index is 1.62. The van der Waals surface area contributed by atoms with Gasteiger partial charge in [-0.1, -0.05) is 54.1 Å². The molecule has 0 radical (unpaired) electrons. The lowest BCUT2D eigenvalue weighted by molar-refractivity contribution is -0.114. The first-order chi connectivity index (χ1) is 14.3. The molecule has 8 heteroatoms. The Kier molecular flexibility index (Phi) is 6.97. The summed E-state index contributed by atoms with van der Waals surface area (Å²) in [5, 5.41) is 2.94. The zero-order valence-electron chi connectivity index (χ0n) is 16.3. The first kappa shape index (κ1) is 21.7. The normalized spacial score (nSPS) is 11.0. The zero-order valence-corrected chi connectivity index (χ0v) is 17.9. The molecule has 1 amide bonds. The number of amides is 1. The third-order valence-corrected chi connectivity index (χ3v) is 5.64. The van der Waals surface area contributed by atoms with Crippen molar-refractivity contribution in [1.29, 1.82) is 0 Å². The van der Waals surface area contributed by atoms with E-state index in [0.717, 1.165) is 16.1 Å². The molecule has 0 aliphatic rings. The first-order valence-electron chi connectivity index (χ1n) is 9.12. The average Bonchev–Trinajstić information content (AvgIpc) is 2.72. The van der Waals surface area contributed by atoms with Crippen molar-refractivity contribution in [1.82, 2.24) is 0 Å². The van der Waals surface area contributed by atoms with E-state index in [-0.39, 0.29) is 10.7 Å². The molecule has 0 saturated heterocycles. The lowest BCUT2D eigenvalue weighted by Crippen LogP contribution is -2.37. The summed E-state index contributed by atoms with van der Waals surface area (Å²) in [5.74, 6) is 0.170. The molecule has 0 aliphatic heterocycles. The summed E-state index contributed by atoms with van der Waals surface area (Å²) in [6.45, 7) is 0.0442. The van der Waals surface area contributed by atoms with Crippen LogP contribution in [0, 0.1) is 0 Å². The fourth-order valence-corrected chi connectivity index (χ4v) is 3.90. The highest BCUT2D eigenvalue weighted by molar-refractivity contribution is 7.92. The molecule has 3 rings (SSSR count). The number of sulfonamides is 1. The van der Waals surface area contributed by atoms with E-state index < -0.39 is 22.5 Å². The van der Waals surface area contributed by atoms with Crippen LogP contribution >= 0.6 is 11.6 Å². The largest absolute Gasteiger partial charge is 0.489 e. The van der Waals surface area contributed by atoms with Gasteiger partial charge in [-0.25, -0.2) is 8.42 Å². The van der Waals surface area contributed by atoms with Crippen molar-refractivity contribution in [3.05, 3.63) is 89.4 Å². The van der Waals surface area contributed by atoms with Gasteiger partial charge in [-0.05, 0) is 42.0 Å².